The van der Waals surface area contributed by atoms with Gasteiger partial charge in [0, 0.05) is 40.0 Å². The fraction of sp³-hybridized carbons (Fsp3) is 0.410. The van der Waals surface area contributed by atoms with Crippen molar-refractivity contribution in [3.8, 4) is 11.1 Å². The number of aromatic amines is 1. The minimum atomic E-state index is 0.556. The number of unbranched alkanes of at least 4 members (excludes halogenated alkanes) is 4. The zero-order valence-electron chi connectivity index (χ0n) is 27.0. The Morgan fingerprint density at radius 1 is 0.952 bits per heavy atom. The molecule has 4 aromatic rings. The molecular formula is C39H53N3. The van der Waals surface area contributed by atoms with E-state index in [4.69, 9.17) is 10.7 Å². The number of rotatable bonds is 13. The molecule has 0 bridgehead atoms. The lowest BCUT2D eigenvalue weighted by atomic mass is 9.92. The quantitative estimate of drug-likeness (QED) is 0.126. The number of aryl methyl sites for hydroxylation is 2. The Morgan fingerprint density at radius 3 is 2.31 bits per heavy atom. The van der Waals surface area contributed by atoms with Gasteiger partial charge in [-0.1, -0.05) is 122 Å². The van der Waals surface area contributed by atoms with Gasteiger partial charge in [0.1, 0.15) is 0 Å². The van der Waals surface area contributed by atoms with Gasteiger partial charge in [-0.2, -0.15) is 0 Å². The minimum Gasteiger partial charge on any atom is -0.358 e. The van der Waals surface area contributed by atoms with Gasteiger partial charge in [-0.05, 0) is 72.2 Å². The molecule has 0 aliphatic heterocycles. The third kappa shape index (κ3) is 9.03. The van der Waals surface area contributed by atoms with E-state index in [1.54, 1.807) is 0 Å². The monoisotopic (exact) mass is 563 g/mol. The van der Waals surface area contributed by atoms with Crippen LogP contribution in [-0.4, -0.2) is 9.97 Å². The summed E-state index contributed by atoms with van der Waals surface area (Å²) in [5.41, 5.74) is 17.1. The van der Waals surface area contributed by atoms with Crippen LogP contribution in [0.15, 0.2) is 73.3 Å². The highest BCUT2D eigenvalue weighted by atomic mass is 14.7. The van der Waals surface area contributed by atoms with E-state index in [-0.39, 0.29) is 0 Å². The van der Waals surface area contributed by atoms with E-state index in [0.29, 0.717) is 6.54 Å². The van der Waals surface area contributed by atoms with Gasteiger partial charge in [-0.25, -0.2) is 0 Å². The molecule has 3 N–H and O–H groups in total. The Hall–Kier alpha value is -3.43. The van der Waals surface area contributed by atoms with Crippen LogP contribution < -0.4 is 5.73 Å². The first-order chi connectivity index (χ1) is 20.3. The number of H-pyrrole nitrogens is 1. The van der Waals surface area contributed by atoms with Crippen molar-refractivity contribution in [2.75, 3.05) is 0 Å². The minimum absolute atomic E-state index is 0.556. The molecule has 3 heteroatoms. The molecule has 224 valence electrons. The molecule has 3 nitrogen and oxygen atoms in total. The molecule has 2 aromatic heterocycles. The fourth-order valence-corrected chi connectivity index (χ4v) is 5.34. The topological polar surface area (TPSA) is 54.7 Å². The summed E-state index contributed by atoms with van der Waals surface area (Å²) >= 11 is 0. The summed E-state index contributed by atoms with van der Waals surface area (Å²) in [7, 11) is 0. The van der Waals surface area contributed by atoms with Crippen LogP contribution in [0.25, 0.3) is 33.2 Å². The Kier molecular flexibility index (Phi) is 13.3. The number of aromatic nitrogens is 2. The first kappa shape index (κ1) is 33.1. The van der Waals surface area contributed by atoms with Gasteiger partial charge in [0.25, 0.3) is 0 Å². The lowest BCUT2D eigenvalue weighted by Gasteiger charge is -2.13. The van der Waals surface area contributed by atoms with Crippen LogP contribution in [0.3, 0.4) is 0 Å². The lowest BCUT2D eigenvalue weighted by Crippen LogP contribution is -1.95. The van der Waals surface area contributed by atoms with Gasteiger partial charge >= 0.3 is 0 Å². The summed E-state index contributed by atoms with van der Waals surface area (Å²) in [4.78, 5) is 8.40. The highest BCUT2D eigenvalue weighted by Crippen LogP contribution is 2.37. The van der Waals surface area contributed by atoms with Gasteiger partial charge in [0.05, 0.1) is 5.69 Å². The van der Waals surface area contributed by atoms with Crippen molar-refractivity contribution >= 4 is 22.0 Å². The molecule has 0 saturated carbocycles. The van der Waals surface area contributed by atoms with Crippen molar-refractivity contribution < 1.29 is 0 Å². The Labute approximate surface area is 255 Å². The highest BCUT2D eigenvalue weighted by Gasteiger charge is 2.16. The summed E-state index contributed by atoms with van der Waals surface area (Å²) < 4.78 is 0. The normalized spacial score (nSPS) is 11.6. The van der Waals surface area contributed by atoms with Crippen LogP contribution in [0.2, 0.25) is 0 Å². The number of pyridine rings is 1. The number of nitrogens with two attached hydrogens (primary N) is 1. The summed E-state index contributed by atoms with van der Waals surface area (Å²) in [5, 5.41) is 1.24. The molecule has 0 aliphatic carbocycles. The van der Waals surface area contributed by atoms with E-state index in [2.05, 4.69) is 107 Å². The third-order valence-corrected chi connectivity index (χ3v) is 7.83. The molecule has 0 radical (unpaired) electrons. The van der Waals surface area contributed by atoms with Crippen LogP contribution >= 0.6 is 0 Å². The molecular weight excluding hydrogens is 510 g/mol. The summed E-state index contributed by atoms with van der Waals surface area (Å²) in [6.07, 6.45) is 12.2. The predicted octanol–water partition coefficient (Wildman–Crippen LogP) is 11.1. The van der Waals surface area contributed by atoms with Crippen molar-refractivity contribution in [1.82, 2.24) is 9.97 Å². The standard InChI is InChI=1S/C31H35N3.C8H18/c1-5-7-8-11-26(22(4)29-12-9-10-21(3)33-29)25-17-18-30-27(19-25)31(28(6-2)34-30)24-15-13-23(20-32)14-16-24;1-4-5-6-7-8(2)3/h9-19,34H,4-8,20,32H2,1-3H3;8H,4-7H2,1-3H3/b26-11+;. The van der Waals surface area contributed by atoms with Crippen molar-refractivity contribution in [1.29, 1.82) is 0 Å². The third-order valence-electron chi connectivity index (χ3n) is 7.83. The van der Waals surface area contributed by atoms with Crippen molar-refractivity contribution in [2.24, 2.45) is 11.7 Å². The van der Waals surface area contributed by atoms with E-state index >= 15 is 0 Å². The van der Waals surface area contributed by atoms with Crippen LogP contribution in [0, 0.1) is 12.8 Å². The van der Waals surface area contributed by atoms with E-state index in [9.17, 15) is 0 Å². The molecule has 0 saturated heterocycles. The number of hydrogen-bond donors (Lipinski definition) is 2. The number of benzene rings is 2. The zero-order valence-corrected chi connectivity index (χ0v) is 27.0. The van der Waals surface area contributed by atoms with Crippen molar-refractivity contribution in [3.63, 3.8) is 0 Å². The SMILES string of the molecule is C=C(/C(=C\CCCC)c1ccc2[nH]c(CC)c(-c3ccc(CN)cc3)c2c1)c1cccc(C)n1.CCCCCC(C)C. The fourth-order valence-electron chi connectivity index (χ4n) is 5.34. The van der Waals surface area contributed by atoms with E-state index in [0.717, 1.165) is 58.8 Å². The highest BCUT2D eigenvalue weighted by molar-refractivity contribution is 6.06. The van der Waals surface area contributed by atoms with Crippen LogP contribution in [-0.2, 0) is 13.0 Å². The largest absolute Gasteiger partial charge is 0.358 e. The van der Waals surface area contributed by atoms with Gasteiger partial charge in [-0.15, -0.1) is 0 Å². The van der Waals surface area contributed by atoms with E-state index in [1.165, 1.54) is 59.9 Å². The number of allylic oxidation sites excluding steroid dienone is 3. The second-order valence-corrected chi connectivity index (χ2v) is 11.8. The van der Waals surface area contributed by atoms with E-state index < -0.39 is 0 Å². The predicted molar refractivity (Wildman–Crippen MR) is 185 cm³/mol. The number of nitrogens with zero attached hydrogens (tertiary/aromatic N) is 1. The van der Waals surface area contributed by atoms with Crippen LogP contribution in [0.1, 0.15) is 108 Å². The van der Waals surface area contributed by atoms with Crippen LogP contribution in [0.4, 0.5) is 0 Å². The second-order valence-electron chi connectivity index (χ2n) is 11.8. The maximum atomic E-state index is 5.83. The van der Waals surface area contributed by atoms with Gasteiger partial charge < -0.3 is 10.7 Å². The Balaban J connectivity index is 0.000000531. The maximum absolute atomic E-state index is 5.83. The van der Waals surface area contributed by atoms with E-state index in [1.807, 2.05) is 13.0 Å². The van der Waals surface area contributed by atoms with Crippen LogP contribution in [0.5, 0.6) is 0 Å². The summed E-state index contributed by atoms with van der Waals surface area (Å²) in [6, 6.07) is 21.5. The van der Waals surface area contributed by atoms with Gasteiger partial charge in [0.15, 0.2) is 0 Å². The first-order valence-electron chi connectivity index (χ1n) is 16.1. The molecule has 0 fully saturated rings. The van der Waals surface area contributed by atoms with Gasteiger partial charge in [-0.3, -0.25) is 4.98 Å². The van der Waals surface area contributed by atoms with Gasteiger partial charge in [0.2, 0.25) is 0 Å². The number of fused-ring (bicyclic) bond motifs is 1. The molecule has 0 unspecified atom stereocenters. The first-order valence-corrected chi connectivity index (χ1v) is 16.1. The summed E-state index contributed by atoms with van der Waals surface area (Å²) in [6.45, 7) is 18.3. The molecule has 0 atom stereocenters. The number of hydrogen-bond acceptors (Lipinski definition) is 2. The Morgan fingerprint density at radius 2 is 1.69 bits per heavy atom. The van der Waals surface area contributed by atoms with Crippen molar-refractivity contribution in [2.45, 2.75) is 99.5 Å². The average molecular weight is 564 g/mol. The molecule has 2 heterocycles. The summed E-state index contributed by atoms with van der Waals surface area (Å²) in [5.74, 6) is 0.904. The molecule has 0 spiro atoms. The lowest BCUT2D eigenvalue weighted by molar-refractivity contribution is 0.534. The molecule has 0 aliphatic rings. The maximum Gasteiger partial charge on any atom is 0.0705 e. The second kappa shape index (κ2) is 16.9. The molecule has 0 amide bonds. The number of nitrogens with one attached hydrogen (secondary N) is 1. The molecule has 2 aromatic carbocycles. The average Bonchev–Trinajstić information content (AvgIpc) is 3.37. The Bertz CT molecular complexity index is 1440. The van der Waals surface area contributed by atoms with Crippen molar-refractivity contribution in [3.05, 3.63) is 102 Å². The molecule has 4 rings (SSSR count). The smallest absolute Gasteiger partial charge is 0.0705 e. The zero-order chi connectivity index (χ0) is 30.5. The molecule has 42 heavy (non-hydrogen) atoms.